The van der Waals surface area contributed by atoms with Crippen LogP contribution in [-0.2, 0) is 6.42 Å². The second kappa shape index (κ2) is 8.30. The molecule has 0 fully saturated rings. The molecule has 0 saturated heterocycles. The molecule has 1 atom stereocenters. The van der Waals surface area contributed by atoms with Crippen LogP contribution in [0.4, 0.5) is 4.39 Å². The summed E-state index contributed by atoms with van der Waals surface area (Å²) in [6.45, 7) is 4.07. The molecule has 0 amide bonds. The van der Waals surface area contributed by atoms with Gasteiger partial charge in [0, 0.05) is 16.9 Å². The van der Waals surface area contributed by atoms with Crippen LogP contribution in [0.25, 0.3) is 0 Å². The maximum absolute atomic E-state index is 13.1. The van der Waals surface area contributed by atoms with Gasteiger partial charge < -0.3 is 5.32 Å². The van der Waals surface area contributed by atoms with Gasteiger partial charge in [0.1, 0.15) is 5.82 Å². The predicted octanol–water partition coefficient (Wildman–Crippen LogP) is 4.91. The van der Waals surface area contributed by atoms with Crippen LogP contribution in [-0.4, -0.2) is 13.1 Å². The summed E-state index contributed by atoms with van der Waals surface area (Å²) in [7, 11) is 0. The van der Waals surface area contributed by atoms with Gasteiger partial charge in [-0.05, 0) is 48.7 Å². The zero-order valence-electron chi connectivity index (χ0n) is 12.3. The maximum Gasteiger partial charge on any atom is 0.123 e. The van der Waals surface area contributed by atoms with Crippen molar-refractivity contribution >= 4 is 15.9 Å². The van der Waals surface area contributed by atoms with Crippen LogP contribution < -0.4 is 5.32 Å². The molecule has 2 rings (SSSR count). The molecule has 3 heteroatoms. The summed E-state index contributed by atoms with van der Waals surface area (Å²) in [5.74, 6) is 0.163. The first kappa shape index (κ1) is 16.2. The monoisotopic (exact) mass is 349 g/mol. The Morgan fingerprint density at radius 1 is 1.10 bits per heavy atom. The molecule has 112 valence electrons. The Kier molecular flexibility index (Phi) is 6.40. The fourth-order valence-corrected chi connectivity index (χ4v) is 2.87. The number of hydrogen-bond donors (Lipinski definition) is 1. The summed E-state index contributed by atoms with van der Waals surface area (Å²) in [6.07, 6.45) is 2.05. The van der Waals surface area contributed by atoms with Gasteiger partial charge in [0.25, 0.3) is 0 Å². The molecule has 0 radical (unpaired) electrons. The van der Waals surface area contributed by atoms with Crippen LogP contribution in [0.5, 0.6) is 0 Å². The molecule has 21 heavy (non-hydrogen) atoms. The SMILES string of the molecule is CCCNCC(Cc1ccccc1Br)c1ccc(F)cc1. The normalized spacial score (nSPS) is 12.3. The molecule has 0 bridgehead atoms. The minimum atomic E-state index is -0.181. The van der Waals surface area contributed by atoms with Crippen LogP contribution in [0.15, 0.2) is 53.0 Å². The van der Waals surface area contributed by atoms with E-state index in [4.69, 9.17) is 0 Å². The molecule has 0 saturated carbocycles. The molecule has 1 unspecified atom stereocenters. The average molecular weight is 350 g/mol. The third-order valence-corrected chi connectivity index (χ3v) is 4.36. The minimum absolute atomic E-state index is 0.181. The van der Waals surface area contributed by atoms with Crippen molar-refractivity contribution in [1.29, 1.82) is 0 Å². The lowest BCUT2D eigenvalue weighted by atomic mass is 9.92. The number of nitrogens with one attached hydrogen (secondary N) is 1. The molecule has 0 spiro atoms. The second-order valence-electron chi connectivity index (χ2n) is 5.25. The highest BCUT2D eigenvalue weighted by atomic mass is 79.9. The van der Waals surface area contributed by atoms with Gasteiger partial charge in [-0.2, -0.15) is 0 Å². The molecule has 0 aliphatic carbocycles. The lowest BCUT2D eigenvalue weighted by molar-refractivity contribution is 0.573. The van der Waals surface area contributed by atoms with Crippen molar-refractivity contribution in [3.05, 3.63) is 69.9 Å². The van der Waals surface area contributed by atoms with Crippen LogP contribution in [0.2, 0.25) is 0 Å². The first-order valence-electron chi connectivity index (χ1n) is 7.40. The summed E-state index contributed by atoms with van der Waals surface area (Å²) < 4.78 is 14.3. The summed E-state index contributed by atoms with van der Waals surface area (Å²) in [6, 6.07) is 15.2. The van der Waals surface area contributed by atoms with E-state index in [1.807, 2.05) is 18.2 Å². The van der Waals surface area contributed by atoms with Crippen LogP contribution in [0, 0.1) is 5.82 Å². The van der Waals surface area contributed by atoms with Crippen molar-refractivity contribution in [2.45, 2.75) is 25.7 Å². The Bertz CT molecular complexity index is 553. The average Bonchev–Trinajstić information content (AvgIpc) is 2.49. The molecule has 0 aliphatic heterocycles. The first-order chi connectivity index (χ1) is 10.2. The zero-order chi connectivity index (χ0) is 15.1. The van der Waals surface area contributed by atoms with E-state index in [0.29, 0.717) is 5.92 Å². The Balaban J connectivity index is 2.15. The quantitative estimate of drug-likeness (QED) is 0.700. The molecule has 2 aromatic carbocycles. The van der Waals surface area contributed by atoms with Gasteiger partial charge in [-0.1, -0.05) is 53.2 Å². The van der Waals surface area contributed by atoms with Gasteiger partial charge in [0.2, 0.25) is 0 Å². The lowest BCUT2D eigenvalue weighted by Crippen LogP contribution is -2.23. The van der Waals surface area contributed by atoms with Crippen LogP contribution in [0.3, 0.4) is 0 Å². The fourth-order valence-electron chi connectivity index (χ4n) is 2.43. The van der Waals surface area contributed by atoms with Gasteiger partial charge in [0.15, 0.2) is 0 Å². The number of rotatable bonds is 7. The smallest absolute Gasteiger partial charge is 0.123 e. The summed E-state index contributed by atoms with van der Waals surface area (Å²) in [5.41, 5.74) is 2.46. The molecule has 0 aromatic heterocycles. The van der Waals surface area contributed by atoms with Crippen molar-refractivity contribution in [2.24, 2.45) is 0 Å². The highest BCUT2D eigenvalue weighted by molar-refractivity contribution is 9.10. The van der Waals surface area contributed by atoms with E-state index in [0.717, 1.165) is 30.4 Å². The van der Waals surface area contributed by atoms with E-state index in [1.165, 1.54) is 11.1 Å². The van der Waals surface area contributed by atoms with Crippen molar-refractivity contribution in [1.82, 2.24) is 5.32 Å². The molecule has 0 aliphatic rings. The third-order valence-electron chi connectivity index (χ3n) is 3.58. The number of hydrogen-bond acceptors (Lipinski definition) is 1. The van der Waals surface area contributed by atoms with Crippen molar-refractivity contribution in [3.63, 3.8) is 0 Å². The van der Waals surface area contributed by atoms with Crippen molar-refractivity contribution in [2.75, 3.05) is 13.1 Å². The van der Waals surface area contributed by atoms with E-state index in [1.54, 1.807) is 12.1 Å². The van der Waals surface area contributed by atoms with Gasteiger partial charge in [-0.3, -0.25) is 0 Å². The van der Waals surface area contributed by atoms with Crippen LogP contribution in [0.1, 0.15) is 30.4 Å². The van der Waals surface area contributed by atoms with E-state index in [-0.39, 0.29) is 5.82 Å². The van der Waals surface area contributed by atoms with Gasteiger partial charge in [0.05, 0.1) is 0 Å². The number of benzene rings is 2. The molecular formula is C18H21BrFN. The van der Waals surface area contributed by atoms with E-state index in [2.05, 4.69) is 46.4 Å². The minimum Gasteiger partial charge on any atom is -0.316 e. The maximum atomic E-state index is 13.1. The molecule has 1 nitrogen and oxygen atoms in total. The highest BCUT2D eigenvalue weighted by Gasteiger charge is 2.13. The molecular weight excluding hydrogens is 329 g/mol. The predicted molar refractivity (Wildman–Crippen MR) is 90.1 cm³/mol. The lowest BCUT2D eigenvalue weighted by Gasteiger charge is -2.19. The summed E-state index contributed by atoms with van der Waals surface area (Å²) in [4.78, 5) is 0. The largest absolute Gasteiger partial charge is 0.316 e. The summed E-state index contributed by atoms with van der Waals surface area (Å²) >= 11 is 3.61. The van der Waals surface area contributed by atoms with Crippen molar-refractivity contribution in [3.8, 4) is 0 Å². The Hall–Kier alpha value is -1.19. The van der Waals surface area contributed by atoms with E-state index in [9.17, 15) is 4.39 Å². The Labute approximate surface area is 134 Å². The molecule has 1 N–H and O–H groups in total. The Morgan fingerprint density at radius 2 is 1.81 bits per heavy atom. The topological polar surface area (TPSA) is 12.0 Å². The van der Waals surface area contributed by atoms with Crippen molar-refractivity contribution < 1.29 is 4.39 Å². The van der Waals surface area contributed by atoms with E-state index >= 15 is 0 Å². The Morgan fingerprint density at radius 3 is 2.48 bits per heavy atom. The number of halogens is 2. The second-order valence-corrected chi connectivity index (χ2v) is 6.10. The first-order valence-corrected chi connectivity index (χ1v) is 8.19. The molecule has 2 aromatic rings. The third kappa shape index (κ3) is 4.94. The fraction of sp³-hybridized carbons (Fsp3) is 0.333. The zero-order valence-corrected chi connectivity index (χ0v) is 13.9. The molecule has 0 heterocycles. The van der Waals surface area contributed by atoms with E-state index < -0.39 is 0 Å². The van der Waals surface area contributed by atoms with Gasteiger partial charge in [-0.15, -0.1) is 0 Å². The standard InChI is InChI=1S/C18H21BrFN/c1-2-11-21-13-16(14-7-9-17(20)10-8-14)12-15-5-3-4-6-18(15)19/h3-10,16,21H,2,11-13H2,1H3. The highest BCUT2D eigenvalue weighted by Crippen LogP contribution is 2.25. The van der Waals surface area contributed by atoms with Gasteiger partial charge >= 0.3 is 0 Å². The summed E-state index contributed by atoms with van der Waals surface area (Å²) in [5, 5.41) is 3.48. The van der Waals surface area contributed by atoms with Crippen LogP contribution >= 0.6 is 15.9 Å². The van der Waals surface area contributed by atoms with Gasteiger partial charge in [-0.25, -0.2) is 4.39 Å².